The highest BCUT2D eigenvalue weighted by atomic mass is 19.3. The van der Waals surface area contributed by atoms with Crippen molar-refractivity contribution in [2.75, 3.05) is 13.1 Å². The molecule has 3 nitrogen and oxygen atoms in total. The van der Waals surface area contributed by atoms with Gasteiger partial charge in [0.25, 0.3) is 6.43 Å². The Morgan fingerprint density at radius 2 is 2.06 bits per heavy atom. The molecule has 0 saturated carbocycles. The van der Waals surface area contributed by atoms with Crippen molar-refractivity contribution < 1.29 is 13.6 Å². The van der Waals surface area contributed by atoms with E-state index in [9.17, 15) is 13.6 Å². The molecule has 1 saturated heterocycles. The molecule has 1 aliphatic rings. The summed E-state index contributed by atoms with van der Waals surface area (Å²) < 4.78 is 25.9. The van der Waals surface area contributed by atoms with Crippen molar-refractivity contribution in [2.24, 2.45) is 0 Å². The number of nitrogens with one attached hydrogen (secondary N) is 1. The van der Waals surface area contributed by atoms with Gasteiger partial charge in [0.05, 0.1) is 0 Å². The predicted octanol–water partition coefficient (Wildman–Crippen LogP) is 1.64. The maximum atomic E-state index is 13.0. The minimum Gasteiger partial charge on any atom is -0.335 e. The minimum atomic E-state index is -2.71. The van der Waals surface area contributed by atoms with Gasteiger partial charge in [-0.25, -0.2) is 8.78 Å². The van der Waals surface area contributed by atoms with Crippen LogP contribution >= 0.6 is 0 Å². The van der Waals surface area contributed by atoms with E-state index in [0.717, 1.165) is 5.56 Å². The van der Waals surface area contributed by atoms with Gasteiger partial charge >= 0.3 is 0 Å². The van der Waals surface area contributed by atoms with Crippen molar-refractivity contribution in [3.05, 3.63) is 35.9 Å². The van der Waals surface area contributed by atoms with Crippen LogP contribution in [-0.2, 0) is 11.3 Å². The summed E-state index contributed by atoms with van der Waals surface area (Å²) in [5, 5.41) is 2.62. The molecule has 5 heteroatoms. The quantitative estimate of drug-likeness (QED) is 0.889. The number of hydrogen-bond donors (Lipinski definition) is 1. The van der Waals surface area contributed by atoms with Gasteiger partial charge < -0.3 is 4.90 Å². The maximum absolute atomic E-state index is 13.0. The van der Waals surface area contributed by atoms with Crippen molar-refractivity contribution >= 4 is 5.91 Å². The molecule has 1 heterocycles. The van der Waals surface area contributed by atoms with E-state index in [1.807, 2.05) is 30.3 Å². The van der Waals surface area contributed by atoms with Gasteiger partial charge in [0.1, 0.15) is 0 Å². The van der Waals surface area contributed by atoms with E-state index in [-0.39, 0.29) is 0 Å². The van der Waals surface area contributed by atoms with Gasteiger partial charge in [-0.05, 0) is 12.5 Å². The van der Waals surface area contributed by atoms with Crippen molar-refractivity contribution in [3.63, 3.8) is 0 Å². The number of amides is 1. The van der Waals surface area contributed by atoms with Gasteiger partial charge in [-0.15, -0.1) is 0 Å². The zero-order chi connectivity index (χ0) is 13.2. The summed E-state index contributed by atoms with van der Waals surface area (Å²) in [4.78, 5) is 13.6. The van der Waals surface area contributed by atoms with Gasteiger partial charge in [-0.1, -0.05) is 30.3 Å². The first-order valence-corrected chi connectivity index (χ1v) is 5.90. The first-order valence-electron chi connectivity index (χ1n) is 5.90. The van der Waals surface area contributed by atoms with E-state index >= 15 is 0 Å². The van der Waals surface area contributed by atoms with Crippen LogP contribution in [0.5, 0.6) is 0 Å². The van der Waals surface area contributed by atoms with E-state index in [4.69, 9.17) is 0 Å². The number of alkyl halides is 2. The third-order valence-corrected chi connectivity index (χ3v) is 3.26. The lowest BCUT2D eigenvalue weighted by atomic mass is 9.98. The van der Waals surface area contributed by atoms with E-state index < -0.39 is 17.9 Å². The summed E-state index contributed by atoms with van der Waals surface area (Å²) in [7, 11) is 0. The molecule has 1 aromatic rings. The third-order valence-electron chi connectivity index (χ3n) is 3.26. The molecule has 0 unspecified atom stereocenters. The minimum absolute atomic E-state index is 0.379. The number of piperazine rings is 1. The number of carbonyl (C=O) groups is 1. The highest BCUT2D eigenvalue weighted by Gasteiger charge is 2.47. The Hall–Kier alpha value is -1.49. The van der Waals surface area contributed by atoms with Crippen LogP contribution in [0.25, 0.3) is 0 Å². The van der Waals surface area contributed by atoms with Gasteiger partial charge in [-0.3, -0.25) is 10.1 Å². The molecular formula is C13H16F2N2O. The van der Waals surface area contributed by atoms with Gasteiger partial charge in [0, 0.05) is 19.6 Å². The average molecular weight is 254 g/mol. The molecule has 0 aliphatic carbocycles. The van der Waals surface area contributed by atoms with E-state index in [1.54, 1.807) is 0 Å². The molecule has 18 heavy (non-hydrogen) atoms. The maximum Gasteiger partial charge on any atom is 0.265 e. The molecule has 1 fully saturated rings. The smallest absolute Gasteiger partial charge is 0.265 e. The molecular weight excluding hydrogens is 238 g/mol. The predicted molar refractivity (Wildman–Crippen MR) is 64.3 cm³/mol. The fourth-order valence-electron chi connectivity index (χ4n) is 2.08. The van der Waals surface area contributed by atoms with E-state index in [2.05, 4.69) is 5.32 Å². The number of hydrogen-bond acceptors (Lipinski definition) is 2. The molecule has 0 spiro atoms. The van der Waals surface area contributed by atoms with Crippen LogP contribution in [0.3, 0.4) is 0 Å². The zero-order valence-electron chi connectivity index (χ0n) is 10.2. The summed E-state index contributed by atoms with van der Waals surface area (Å²) in [5.74, 6) is -0.535. The lowest BCUT2D eigenvalue weighted by Gasteiger charge is -2.39. The summed E-state index contributed by atoms with van der Waals surface area (Å²) in [6.45, 7) is 2.48. The Balaban J connectivity index is 2.12. The van der Waals surface area contributed by atoms with Crippen LogP contribution in [0.15, 0.2) is 30.3 Å². The lowest BCUT2D eigenvalue weighted by molar-refractivity contribution is -0.148. The lowest BCUT2D eigenvalue weighted by Crippen LogP contribution is -2.66. The monoisotopic (exact) mass is 254 g/mol. The SMILES string of the molecule is C[C@]1(C(F)F)NCCN(Cc2ccccc2)C1=O. The number of carbonyl (C=O) groups excluding carboxylic acids is 1. The number of nitrogens with zero attached hydrogens (tertiary/aromatic N) is 1. The summed E-state index contributed by atoms with van der Waals surface area (Å²) in [5.41, 5.74) is -0.808. The molecule has 0 bridgehead atoms. The number of benzene rings is 1. The Morgan fingerprint density at radius 1 is 1.39 bits per heavy atom. The largest absolute Gasteiger partial charge is 0.335 e. The Labute approximate surface area is 105 Å². The molecule has 1 amide bonds. The van der Waals surface area contributed by atoms with Crippen LogP contribution in [0, 0.1) is 0 Å². The zero-order valence-corrected chi connectivity index (χ0v) is 10.2. The van der Waals surface area contributed by atoms with Gasteiger partial charge in [-0.2, -0.15) is 0 Å². The Morgan fingerprint density at radius 3 is 2.67 bits per heavy atom. The molecule has 1 aliphatic heterocycles. The Bertz CT molecular complexity index is 424. The standard InChI is InChI=1S/C13H16F2N2O/c1-13(11(14)15)12(18)17(8-7-16-13)9-10-5-3-2-4-6-10/h2-6,11,16H,7-9H2,1H3/t13-/m1/s1. The second kappa shape index (κ2) is 5.02. The van der Waals surface area contributed by atoms with Crippen LogP contribution in [-0.4, -0.2) is 35.9 Å². The molecule has 1 atom stereocenters. The molecule has 1 N–H and O–H groups in total. The van der Waals surface area contributed by atoms with Crippen LogP contribution in [0.1, 0.15) is 12.5 Å². The first kappa shape index (κ1) is 13.0. The molecule has 0 aromatic heterocycles. The van der Waals surface area contributed by atoms with Crippen molar-refractivity contribution in [1.82, 2.24) is 10.2 Å². The highest BCUT2D eigenvalue weighted by Crippen LogP contribution is 2.22. The average Bonchev–Trinajstić information content (AvgIpc) is 2.36. The van der Waals surface area contributed by atoms with Crippen molar-refractivity contribution in [1.29, 1.82) is 0 Å². The fraction of sp³-hybridized carbons (Fsp3) is 0.462. The fourth-order valence-corrected chi connectivity index (χ4v) is 2.08. The summed E-state index contributed by atoms with van der Waals surface area (Å²) in [6.07, 6.45) is -2.71. The van der Waals surface area contributed by atoms with Gasteiger partial charge in [0.2, 0.25) is 5.91 Å². The molecule has 0 radical (unpaired) electrons. The second-order valence-electron chi connectivity index (χ2n) is 4.64. The van der Waals surface area contributed by atoms with Crippen LogP contribution in [0.4, 0.5) is 8.78 Å². The van der Waals surface area contributed by atoms with Crippen LogP contribution in [0.2, 0.25) is 0 Å². The van der Waals surface area contributed by atoms with Crippen LogP contribution < -0.4 is 5.32 Å². The summed E-state index contributed by atoms with van der Waals surface area (Å²) in [6, 6.07) is 9.39. The number of halogens is 2. The second-order valence-corrected chi connectivity index (χ2v) is 4.64. The Kier molecular flexibility index (Phi) is 3.61. The molecule has 98 valence electrons. The molecule has 1 aromatic carbocycles. The van der Waals surface area contributed by atoms with E-state index in [0.29, 0.717) is 19.6 Å². The number of rotatable bonds is 3. The normalized spacial score (nSPS) is 24.7. The van der Waals surface area contributed by atoms with E-state index in [1.165, 1.54) is 11.8 Å². The van der Waals surface area contributed by atoms with Crippen molar-refractivity contribution in [2.45, 2.75) is 25.4 Å². The molecule has 2 rings (SSSR count). The first-order chi connectivity index (χ1) is 8.54. The van der Waals surface area contributed by atoms with Gasteiger partial charge in [0.15, 0.2) is 5.54 Å². The van der Waals surface area contributed by atoms with Crippen molar-refractivity contribution in [3.8, 4) is 0 Å². The summed E-state index contributed by atoms with van der Waals surface area (Å²) >= 11 is 0. The highest BCUT2D eigenvalue weighted by molar-refractivity contribution is 5.87. The third kappa shape index (κ3) is 2.36. The topological polar surface area (TPSA) is 32.3 Å².